The highest BCUT2D eigenvalue weighted by Gasteiger charge is 2.42. The summed E-state index contributed by atoms with van der Waals surface area (Å²) in [6.45, 7) is 5.33. The number of aryl methyl sites for hydroxylation is 1. The molecule has 1 N–H and O–H groups in total. The second-order valence-corrected chi connectivity index (χ2v) is 7.26. The Morgan fingerprint density at radius 3 is 2.62 bits per heavy atom. The van der Waals surface area contributed by atoms with Crippen LogP contribution in [0, 0.1) is 24.6 Å². The summed E-state index contributed by atoms with van der Waals surface area (Å²) in [7, 11) is 0. The van der Waals surface area contributed by atoms with Crippen molar-refractivity contribution in [2.75, 3.05) is 13.1 Å². The van der Waals surface area contributed by atoms with Crippen LogP contribution in [0.5, 0.6) is 0 Å². The van der Waals surface area contributed by atoms with Crippen LogP contribution in [-0.4, -0.2) is 30.1 Å². The summed E-state index contributed by atoms with van der Waals surface area (Å²) in [4.78, 5) is 2.68. The Labute approximate surface area is 126 Å². The quantitative estimate of drug-likeness (QED) is 0.916. The minimum Gasteiger partial charge on any atom is -0.311 e. The zero-order chi connectivity index (χ0) is 14.4. The monoisotopic (exact) mass is 288 g/mol. The Hall–Kier alpha value is -0.930. The van der Waals surface area contributed by atoms with Gasteiger partial charge in [0.15, 0.2) is 0 Å². The predicted octanol–water partition coefficient (Wildman–Crippen LogP) is 3.10. The molecular weight excluding hydrogens is 263 g/mol. The fourth-order valence-corrected chi connectivity index (χ4v) is 3.85. The molecule has 2 saturated carbocycles. The average molecular weight is 288 g/mol. The number of hydrogen-bond acceptors (Lipinski definition) is 2. The van der Waals surface area contributed by atoms with Crippen molar-refractivity contribution < 1.29 is 4.39 Å². The van der Waals surface area contributed by atoms with E-state index < -0.39 is 0 Å². The number of rotatable bonds is 4. The average Bonchev–Trinajstić information content (AvgIpc) is 3.35. The first-order chi connectivity index (χ1) is 10.2. The number of piperazine rings is 1. The molecule has 2 aliphatic carbocycles. The molecule has 2 atom stereocenters. The standard InChI is InChI=1S/C18H25FN2/c1-12-8-16(19)7-6-15(12)10-21-11-17(13-2-3-13)20-9-18(21)14-4-5-14/h6-8,13-14,17-18,20H,2-5,9-11H2,1H3. The minimum atomic E-state index is -0.119. The highest BCUT2D eigenvalue weighted by atomic mass is 19.1. The zero-order valence-corrected chi connectivity index (χ0v) is 12.8. The molecule has 21 heavy (non-hydrogen) atoms. The van der Waals surface area contributed by atoms with E-state index >= 15 is 0 Å². The molecule has 0 bridgehead atoms. The molecule has 0 amide bonds. The van der Waals surface area contributed by atoms with Crippen molar-refractivity contribution in [1.29, 1.82) is 0 Å². The maximum absolute atomic E-state index is 13.3. The van der Waals surface area contributed by atoms with Gasteiger partial charge >= 0.3 is 0 Å². The predicted molar refractivity (Wildman–Crippen MR) is 82.6 cm³/mol. The van der Waals surface area contributed by atoms with Crippen LogP contribution in [0.2, 0.25) is 0 Å². The lowest BCUT2D eigenvalue weighted by Gasteiger charge is -2.41. The van der Waals surface area contributed by atoms with Gasteiger partial charge in [-0.05, 0) is 67.7 Å². The third-order valence-electron chi connectivity index (χ3n) is 5.52. The normalized spacial score (nSPS) is 30.6. The highest BCUT2D eigenvalue weighted by molar-refractivity contribution is 5.26. The van der Waals surface area contributed by atoms with Crippen LogP contribution >= 0.6 is 0 Å². The largest absolute Gasteiger partial charge is 0.311 e. The molecule has 0 radical (unpaired) electrons. The number of halogens is 1. The van der Waals surface area contributed by atoms with E-state index in [1.807, 2.05) is 13.0 Å². The van der Waals surface area contributed by atoms with Gasteiger partial charge < -0.3 is 5.32 Å². The first-order valence-electron chi connectivity index (χ1n) is 8.43. The summed E-state index contributed by atoms with van der Waals surface area (Å²) >= 11 is 0. The van der Waals surface area contributed by atoms with Crippen molar-refractivity contribution in [1.82, 2.24) is 10.2 Å². The van der Waals surface area contributed by atoms with Gasteiger partial charge in [-0.3, -0.25) is 4.90 Å². The topological polar surface area (TPSA) is 15.3 Å². The maximum atomic E-state index is 13.3. The van der Waals surface area contributed by atoms with Crippen LogP contribution in [0.4, 0.5) is 4.39 Å². The van der Waals surface area contributed by atoms with Crippen molar-refractivity contribution in [3.63, 3.8) is 0 Å². The van der Waals surface area contributed by atoms with Crippen molar-refractivity contribution in [3.05, 3.63) is 35.1 Å². The lowest BCUT2D eigenvalue weighted by Crippen LogP contribution is -2.57. The van der Waals surface area contributed by atoms with E-state index in [0.717, 1.165) is 30.5 Å². The summed E-state index contributed by atoms with van der Waals surface area (Å²) in [6.07, 6.45) is 5.57. The molecule has 2 nitrogen and oxygen atoms in total. The van der Waals surface area contributed by atoms with Crippen molar-refractivity contribution in [2.24, 2.45) is 11.8 Å². The molecule has 1 saturated heterocycles. The van der Waals surface area contributed by atoms with Crippen LogP contribution in [0.1, 0.15) is 36.8 Å². The molecule has 3 fully saturated rings. The molecule has 1 aliphatic heterocycles. The van der Waals surface area contributed by atoms with Gasteiger partial charge in [-0.15, -0.1) is 0 Å². The summed E-state index contributed by atoms with van der Waals surface area (Å²) in [5, 5.41) is 3.79. The van der Waals surface area contributed by atoms with Crippen LogP contribution in [0.25, 0.3) is 0 Å². The molecule has 0 spiro atoms. The molecule has 0 aromatic heterocycles. The van der Waals surface area contributed by atoms with Crippen LogP contribution < -0.4 is 5.32 Å². The fourth-order valence-electron chi connectivity index (χ4n) is 3.85. The van der Waals surface area contributed by atoms with E-state index in [9.17, 15) is 4.39 Å². The smallest absolute Gasteiger partial charge is 0.123 e. The van der Waals surface area contributed by atoms with Crippen molar-refractivity contribution in [2.45, 2.75) is 51.2 Å². The lowest BCUT2D eigenvalue weighted by atomic mass is 10.00. The molecule has 1 aromatic rings. The van der Waals surface area contributed by atoms with E-state index in [4.69, 9.17) is 0 Å². The van der Waals surface area contributed by atoms with Gasteiger partial charge in [0.05, 0.1) is 0 Å². The number of nitrogens with one attached hydrogen (secondary N) is 1. The van der Waals surface area contributed by atoms with E-state index in [0.29, 0.717) is 12.1 Å². The molecule has 1 heterocycles. The SMILES string of the molecule is Cc1cc(F)ccc1CN1CC(C2CC2)NCC1C1CC1. The Kier molecular flexibility index (Phi) is 3.50. The fraction of sp³-hybridized carbons (Fsp3) is 0.667. The van der Waals surface area contributed by atoms with Crippen molar-refractivity contribution >= 4 is 0 Å². The maximum Gasteiger partial charge on any atom is 0.123 e. The summed E-state index contributed by atoms with van der Waals surface area (Å²) < 4.78 is 13.3. The molecule has 114 valence electrons. The van der Waals surface area contributed by atoms with Gasteiger partial charge in [-0.25, -0.2) is 4.39 Å². The van der Waals surface area contributed by atoms with Gasteiger partial charge in [-0.1, -0.05) is 6.07 Å². The van der Waals surface area contributed by atoms with Gasteiger partial charge in [0, 0.05) is 31.7 Å². The number of benzene rings is 1. The van der Waals surface area contributed by atoms with Crippen molar-refractivity contribution in [3.8, 4) is 0 Å². The van der Waals surface area contributed by atoms with E-state index in [1.165, 1.54) is 37.8 Å². The van der Waals surface area contributed by atoms with Gasteiger partial charge in [0.1, 0.15) is 5.82 Å². The van der Waals surface area contributed by atoms with E-state index in [-0.39, 0.29) is 5.82 Å². The van der Waals surface area contributed by atoms with Gasteiger partial charge in [0.25, 0.3) is 0 Å². The summed E-state index contributed by atoms with van der Waals surface area (Å²) in [6, 6.07) is 6.62. The minimum absolute atomic E-state index is 0.119. The number of nitrogens with zero attached hydrogens (tertiary/aromatic N) is 1. The second kappa shape index (κ2) is 5.36. The van der Waals surface area contributed by atoms with Crippen LogP contribution in [-0.2, 0) is 6.54 Å². The van der Waals surface area contributed by atoms with E-state index in [2.05, 4.69) is 10.2 Å². The van der Waals surface area contributed by atoms with Gasteiger partial charge in [-0.2, -0.15) is 0 Å². The van der Waals surface area contributed by atoms with E-state index in [1.54, 1.807) is 12.1 Å². The Morgan fingerprint density at radius 1 is 1.19 bits per heavy atom. The Bertz CT molecular complexity index is 522. The molecule has 4 rings (SSSR count). The second-order valence-electron chi connectivity index (χ2n) is 7.26. The third-order valence-corrected chi connectivity index (χ3v) is 5.52. The summed E-state index contributed by atoms with van der Waals surface area (Å²) in [5.41, 5.74) is 2.38. The molecule has 3 heteroatoms. The van der Waals surface area contributed by atoms with Gasteiger partial charge in [0.2, 0.25) is 0 Å². The third kappa shape index (κ3) is 3.00. The zero-order valence-electron chi connectivity index (χ0n) is 12.8. The Morgan fingerprint density at radius 2 is 1.95 bits per heavy atom. The lowest BCUT2D eigenvalue weighted by molar-refractivity contribution is 0.100. The molecule has 1 aromatic carbocycles. The first-order valence-corrected chi connectivity index (χ1v) is 8.43. The highest BCUT2D eigenvalue weighted by Crippen LogP contribution is 2.40. The molecular formula is C18H25FN2. The number of hydrogen-bond donors (Lipinski definition) is 1. The summed E-state index contributed by atoms with van der Waals surface area (Å²) in [5.74, 6) is 1.67. The Balaban J connectivity index is 1.50. The molecule has 2 unspecified atom stereocenters. The first kappa shape index (κ1) is 13.7. The molecule has 3 aliphatic rings. The van der Waals surface area contributed by atoms with Crippen LogP contribution in [0.15, 0.2) is 18.2 Å². The van der Waals surface area contributed by atoms with Crippen LogP contribution in [0.3, 0.4) is 0 Å².